The first-order chi connectivity index (χ1) is 18.0. The number of nitrogens with two attached hydrogens (primary N) is 1. The molecule has 216 valence electrons. The number of hydrogen-bond acceptors (Lipinski definition) is 9. The summed E-state index contributed by atoms with van der Waals surface area (Å²) in [7, 11) is 0. The molecule has 0 aromatic heterocycles. The third kappa shape index (κ3) is 3.94. The number of ether oxygens (including phenoxy) is 3. The Morgan fingerprint density at radius 3 is 2.47 bits per heavy atom. The molecule has 0 unspecified atom stereocenters. The van der Waals surface area contributed by atoms with Crippen molar-refractivity contribution in [1.29, 1.82) is 0 Å². The molecule has 0 bridgehead atoms. The monoisotopic (exact) mass is 537 g/mol. The first-order valence-corrected chi connectivity index (χ1v) is 14.9. The predicted octanol–water partition coefficient (Wildman–Crippen LogP) is 1.47. The van der Waals surface area contributed by atoms with Gasteiger partial charge in [0, 0.05) is 5.92 Å². The van der Waals surface area contributed by atoms with E-state index in [4.69, 9.17) is 19.9 Å². The van der Waals surface area contributed by atoms with Gasteiger partial charge in [-0.2, -0.15) is 0 Å². The Morgan fingerprint density at radius 1 is 1.00 bits per heavy atom. The molecule has 9 nitrogen and oxygen atoms in total. The molecule has 4 aliphatic carbocycles. The Labute approximate surface area is 225 Å². The second-order valence-electron chi connectivity index (χ2n) is 14.0. The van der Waals surface area contributed by atoms with Gasteiger partial charge in [-0.1, -0.05) is 13.8 Å². The van der Waals surface area contributed by atoms with Crippen molar-refractivity contribution in [2.75, 3.05) is 13.2 Å². The lowest BCUT2D eigenvalue weighted by molar-refractivity contribution is -0.286. The highest BCUT2D eigenvalue weighted by Gasteiger charge is 2.68. The summed E-state index contributed by atoms with van der Waals surface area (Å²) in [6.07, 6.45) is 4.90. The number of esters is 1. The number of carbonyl (C=O) groups is 1. The SMILES string of the molecule is C[C@]12CC[C@H](O[C@@H]3O[C@H](CO)[C@@H](O)[C@H](O)[C@H]3N)C[C@H]1CC[C@@H]1[C@@H]2CC[C@]2(C)[C@@H]([C@@H]3COC(=O)C3)CC[C@]12O. The number of aliphatic hydroxyl groups is 4. The fourth-order valence-electron chi connectivity index (χ4n) is 10.3. The second kappa shape index (κ2) is 9.64. The molecule has 4 saturated carbocycles. The topological polar surface area (TPSA) is 152 Å². The van der Waals surface area contributed by atoms with Crippen LogP contribution in [0, 0.1) is 40.4 Å². The van der Waals surface area contributed by atoms with Crippen molar-refractivity contribution < 1.29 is 39.4 Å². The van der Waals surface area contributed by atoms with Crippen LogP contribution in [-0.2, 0) is 19.0 Å². The largest absolute Gasteiger partial charge is 0.465 e. The molecule has 6 rings (SSSR count). The minimum Gasteiger partial charge on any atom is -0.465 e. The Balaban J connectivity index is 1.14. The molecule has 2 aliphatic heterocycles. The third-order valence-corrected chi connectivity index (χ3v) is 12.6. The molecule has 0 amide bonds. The van der Waals surface area contributed by atoms with Gasteiger partial charge in [-0.15, -0.1) is 0 Å². The van der Waals surface area contributed by atoms with E-state index in [9.17, 15) is 25.2 Å². The summed E-state index contributed by atoms with van der Waals surface area (Å²) in [4.78, 5) is 11.9. The smallest absolute Gasteiger partial charge is 0.306 e. The van der Waals surface area contributed by atoms with Gasteiger partial charge in [0.2, 0.25) is 0 Å². The van der Waals surface area contributed by atoms with Crippen molar-refractivity contribution in [3.8, 4) is 0 Å². The standard InChI is InChI=1S/C29H47NO8/c1-27-8-5-17(37-26-23(30)25(34)24(33)21(13-31)38-26)12-16(27)3-4-20-19(27)6-9-28(2)18(7-10-29(20,28)35)15-11-22(32)36-14-15/h15-21,23-26,31,33-35H,3-14,30H2,1-2H3/t15-,16+,17-,18+,19-,20+,21+,23+,24+,25+,26+,27-,28+,29-/m0/s1. The number of cyclic esters (lactones) is 1. The number of hydrogen-bond donors (Lipinski definition) is 5. The fraction of sp³-hybridized carbons (Fsp3) is 0.966. The first-order valence-electron chi connectivity index (χ1n) is 14.9. The van der Waals surface area contributed by atoms with Crippen molar-refractivity contribution in [2.24, 2.45) is 46.2 Å². The van der Waals surface area contributed by atoms with Crippen LogP contribution in [-0.4, -0.2) is 82.0 Å². The maximum absolute atomic E-state index is 12.4. The van der Waals surface area contributed by atoms with E-state index in [0.717, 1.165) is 57.8 Å². The molecular weight excluding hydrogens is 490 g/mol. The molecule has 2 heterocycles. The van der Waals surface area contributed by atoms with Gasteiger partial charge in [0.25, 0.3) is 0 Å². The van der Waals surface area contributed by atoms with Crippen molar-refractivity contribution in [2.45, 2.75) is 120 Å². The van der Waals surface area contributed by atoms with E-state index >= 15 is 0 Å². The van der Waals surface area contributed by atoms with Gasteiger partial charge >= 0.3 is 5.97 Å². The lowest BCUT2D eigenvalue weighted by Gasteiger charge is -2.64. The normalized spacial score (nSPS) is 56.6. The average molecular weight is 538 g/mol. The van der Waals surface area contributed by atoms with E-state index in [1.54, 1.807) is 0 Å². The lowest BCUT2D eigenvalue weighted by Crippen LogP contribution is -2.64. The Hall–Kier alpha value is -0.810. The summed E-state index contributed by atoms with van der Waals surface area (Å²) in [6, 6.07) is -0.877. The quantitative estimate of drug-likeness (QED) is 0.265. The molecular formula is C29H47NO8. The number of rotatable bonds is 4. The van der Waals surface area contributed by atoms with Crippen LogP contribution in [0.15, 0.2) is 0 Å². The van der Waals surface area contributed by atoms with E-state index < -0.39 is 42.9 Å². The van der Waals surface area contributed by atoms with Gasteiger partial charge in [0.05, 0.1) is 37.4 Å². The number of aliphatic hydroxyl groups excluding tert-OH is 3. The summed E-state index contributed by atoms with van der Waals surface area (Å²) < 4.78 is 17.4. The summed E-state index contributed by atoms with van der Waals surface area (Å²) in [5.74, 6) is 1.69. The molecule has 9 heteroatoms. The van der Waals surface area contributed by atoms with Gasteiger partial charge in [0.15, 0.2) is 6.29 Å². The predicted molar refractivity (Wildman–Crippen MR) is 136 cm³/mol. The van der Waals surface area contributed by atoms with Crippen LogP contribution in [0.25, 0.3) is 0 Å². The van der Waals surface area contributed by atoms with E-state index in [1.807, 2.05) is 0 Å². The molecule has 6 fully saturated rings. The molecule has 0 aromatic carbocycles. The van der Waals surface area contributed by atoms with Crippen LogP contribution in [0.3, 0.4) is 0 Å². The van der Waals surface area contributed by atoms with Gasteiger partial charge < -0.3 is 40.4 Å². The highest BCUT2D eigenvalue weighted by atomic mass is 16.7. The van der Waals surface area contributed by atoms with Crippen LogP contribution in [0.5, 0.6) is 0 Å². The summed E-state index contributed by atoms with van der Waals surface area (Å²) in [5.41, 5.74) is 5.41. The summed E-state index contributed by atoms with van der Waals surface area (Å²) >= 11 is 0. The molecule has 0 aromatic rings. The molecule has 38 heavy (non-hydrogen) atoms. The molecule has 0 radical (unpaired) electrons. The average Bonchev–Trinajstić information content (AvgIpc) is 3.44. The van der Waals surface area contributed by atoms with Crippen molar-refractivity contribution in [3.05, 3.63) is 0 Å². The zero-order valence-electron chi connectivity index (χ0n) is 22.8. The van der Waals surface area contributed by atoms with Crippen molar-refractivity contribution in [3.63, 3.8) is 0 Å². The van der Waals surface area contributed by atoms with Crippen LogP contribution in [0.4, 0.5) is 0 Å². The Kier molecular flexibility index (Phi) is 6.94. The maximum Gasteiger partial charge on any atom is 0.306 e. The van der Waals surface area contributed by atoms with Gasteiger partial charge in [-0.05, 0) is 92.3 Å². The number of carbonyl (C=O) groups excluding carboxylic acids is 1. The van der Waals surface area contributed by atoms with Crippen molar-refractivity contribution in [1.82, 2.24) is 0 Å². The van der Waals surface area contributed by atoms with Gasteiger partial charge in [0.1, 0.15) is 18.3 Å². The summed E-state index contributed by atoms with van der Waals surface area (Å²) in [6.45, 7) is 4.82. The van der Waals surface area contributed by atoms with E-state index in [2.05, 4.69) is 13.8 Å². The molecule has 14 atom stereocenters. The van der Waals surface area contributed by atoms with Gasteiger partial charge in [-0.25, -0.2) is 0 Å². The van der Waals surface area contributed by atoms with Crippen LogP contribution < -0.4 is 5.73 Å². The Morgan fingerprint density at radius 2 is 1.76 bits per heavy atom. The molecule has 0 spiro atoms. The molecule has 2 saturated heterocycles. The molecule has 6 N–H and O–H groups in total. The number of fused-ring (bicyclic) bond motifs is 5. The minimum absolute atomic E-state index is 0.0600. The van der Waals surface area contributed by atoms with Crippen LogP contribution in [0.2, 0.25) is 0 Å². The summed E-state index contributed by atoms with van der Waals surface area (Å²) in [5, 5.41) is 42.4. The van der Waals surface area contributed by atoms with E-state index in [0.29, 0.717) is 30.8 Å². The van der Waals surface area contributed by atoms with E-state index in [-0.39, 0.29) is 34.7 Å². The highest BCUT2D eigenvalue weighted by Crippen LogP contribution is 2.70. The fourth-order valence-corrected chi connectivity index (χ4v) is 10.3. The third-order valence-electron chi connectivity index (χ3n) is 12.6. The maximum atomic E-state index is 12.4. The molecule has 6 aliphatic rings. The zero-order chi connectivity index (χ0) is 27.0. The lowest BCUT2D eigenvalue weighted by atomic mass is 9.43. The van der Waals surface area contributed by atoms with E-state index in [1.165, 1.54) is 0 Å². The first kappa shape index (κ1) is 27.4. The zero-order valence-corrected chi connectivity index (χ0v) is 22.8. The Bertz CT molecular complexity index is 917. The second-order valence-corrected chi connectivity index (χ2v) is 14.0. The van der Waals surface area contributed by atoms with Gasteiger partial charge in [-0.3, -0.25) is 4.79 Å². The van der Waals surface area contributed by atoms with Crippen LogP contribution >= 0.6 is 0 Å². The van der Waals surface area contributed by atoms with Crippen LogP contribution in [0.1, 0.15) is 78.1 Å². The highest BCUT2D eigenvalue weighted by molar-refractivity contribution is 5.71. The van der Waals surface area contributed by atoms with Crippen molar-refractivity contribution >= 4 is 5.97 Å². The minimum atomic E-state index is -1.24.